The van der Waals surface area contributed by atoms with Crippen LogP contribution in [0.15, 0.2) is 24.3 Å². The topological polar surface area (TPSA) is 42.6 Å². The van der Waals surface area contributed by atoms with E-state index >= 15 is 0 Å². The lowest BCUT2D eigenvalue weighted by Crippen LogP contribution is -3.14. The van der Waals surface area contributed by atoms with E-state index in [9.17, 15) is 4.79 Å². The minimum Gasteiger partial charge on any atom is -0.332 e. The number of aromatic nitrogens is 2. The Morgan fingerprint density at radius 3 is 2.56 bits per heavy atom. The van der Waals surface area contributed by atoms with Crippen molar-refractivity contribution < 1.29 is 9.69 Å². The van der Waals surface area contributed by atoms with E-state index in [2.05, 4.69) is 12.0 Å². The molecule has 0 aliphatic carbocycles. The van der Waals surface area contributed by atoms with Gasteiger partial charge in [-0.2, -0.15) is 5.10 Å². The number of aryl methyl sites for hydroxylation is 1. The molecule has 25 heavy (non-hydrogen) atoms. The van der Waals surface area contributed by atoms with E-state index in [0.717, 1.165) is 60.3 Å². The smallest absolute Gasteiger partial charge is 0.258 e. The Kier molecular flexibility index (Phi) is 5.45. The van der Waals surface area contributed by atoms with Gasteiger partial charge < -0.3 is 9.80 Å². The molecule has 0 unspecified atom stereocenters. The van der Waals surface area contributed by atoms with E-state index in [4.69, 9.17) is 11.6 Å². The number of amides is 1. The lowest BCUT2D eigenvalue weighted by atomic mass is 10.1. The average Bonchev–Trinajstić information content (AvgIpc) is 2.90. The number of benzene rings is 1. The quantitative estimate of drug-likeness (QED) is 0.898. The Balaban J connectivity index is 1.80. The monoisotopic (exact) mass is 361 g/mol. The first-order valence-corrected chi connectivity index (χ1v) is 9.29. The summed E-state index contributed by atoms with van der Waals surface area (Å²) in [5.74, 6) is 0.107. The van der Waals surface area contributed by atoms with E-state index in [0.29, 0.717) is 6.54 Å². The van der Waals surface area contributed by atoms with Crippen molar-refractivity contribution in [3.05, 3.63) is 51.8 Å². The van der Waals surface area contributed by atoms with Gasteiger partial charge in [-0.05, 0) is 32.4 Å². The molecular weight excluding hydrogens is 336 g/mol. The van der Waals surface area contributed by atoms with Gasteiger partial charge >= 0.3 is 0 Å². The number of hydrogen-bond acceptors (Lipinski definition) is 2. The van der Waals surface area contributed by atoms with Crippen LogP contribution in [0.3, 0.4) is 0 Å². The molecule has 5 nitrogen and oxygen atoms in total. The molecule has 134 valence electrons. The van der Waals surface area contributed by atoms with Crippen molar-refractivity contribution in [3.8, 4) is 0 Å². The SMILES string of the molecule is CC[NH+]1CCN(C(=O)c2c(C)nn(Cc3ccccc3Cl)c2C)CC1. The number of nitrogens with one attached hydrogen (secondary N) is 1. The first kappa shape index (κ1) is 18.0. The predicted molar refractivity (Wildman–Crippen MR) is 99.4 cm³/mol. The molecule has 1 aromatic carbocycles. The van der Waals surface area contributed by atoms with Gasteiger partial charge in [0, 0.05) is 10.7 Å². The van der Waals surface area contributed by atoms with Crippen molar-refractivity contribution in [1.82, 2.24) is 14.7 Å². The Morgan fingerprint density at radius 1 is 1.24 bits per heavy atom. The van der Waals surface area contributed by atoms with E-state index in [1.807, 2.05) is 47.7 Å². The van der Waals surface area contributed by atoms with E-state index in [1.165, 1.54) is 0 Å². The summed E-state index contributed by atoms with van der Waals surface area (Å²) in [6, 6.07) is 7.76. The average molecular weight is 362 g/mol. The first-order valence-electron chi connectivity index (χ1n) is 8.91. The largest absolute Gasteiger partial charge is 0.332 e. The van der Waals surface area contributed by atoms with Crippen LogP contribution < -0.4 is 4.90 Å². The number of piperazine rings is 1. The second-order valence-electron chi connectivity index (χ2n) is 6.69. The summed E-state index contributed by atoms with van der Waals surface area (Å²) in [4.78, 5) is 16.5. The predicted octanol–water partition coefficient (Wildman–Crippen LogP) is 1.56. The molecule has 1 fully saturated rings. The number of halogens is 1. The third-order valence-corrected chi connectivity index (χ3v) is 5.50. The molecule has 1 aromatic heterocycles. The summed E-state index contributed by atoms with van der Waals surface area (Å²) in [6.07, 6.45) is 0. The maximum atomic E-state index is 13.0. The molecule has 0 bridgehead atoms. The lowest BCUT2D eigenvalue weighted by Gasteiger charge is -2.31. The zero-order chi connectivity index (χ0) is 18.0. The van der Waals surface area contributed by atoms with Gasteiger partial charge in [0.15, 0.2) is 0 Å². The van der Waals surface area contributed by atoms with Crippen molar-refractivity contribution in [2.45, 2.75) is 27.3 Å². The highest BCUT2D eigenvalue weighted by molar-refractivity contribution is 6.31. The molecule has 0 saturated carbocycles. The summed E-state index contributed by atoms with van der Waals surface area (Å²) in [5.41, 5.74) is 3.45. The van der Waals surface area contributed by atoms with Crippen LogP contribution >= 0.6 is 11.6 Å². The molecule has 2 heterocycles. The molecular formula is C19H26ClN4O+. The Labute approximate surface area is 154 Å². The number of rotatable bonds is 4. The summed E-state index contributed by atoms with van der Waals surface area (Å²) in [7, 11) is 0. The number of carbonyl (C=O) groups excluding carboxylic acids is 1. The molecule has 1 N–H and O–H groups in total. The molecule has 3 rings (SSSR count). The summed E-state index contributed by atoms with van der Waals surface area (Å²) >= 11 is 6.27. The molecule has 2 aromatic rings. The van der Waals surface area contributed by atoms with Crippen LogP contribution in [0.2, 0.25) is 5.02 Å². The van der Waals surface area contributed by atoms with Gasteiger partial charge in [0.05, 0.1) is 50.5 Å². The Bertz CT molecular complexity index is 763. The second kappa shape index (κ2) is 7.58. The van der Waals surface area contributed by atoms with Crippen LogP contribution in [0.4, 0.5) is 0 Å². The molecule has 1 saturated heterocycles. The first-order chi connectivity index (χ1) is 12.0. The van der Waals surface area contributed by atoms with Gasteiger partial charge in [-0.15, -0.1) is 0 Å². The number of nitrogens with zero attached hydrogens (tertiary/aromatic N) is 3. The number of carbonyl (C=O) groups is 1. The zero-order valence-corrected chi connectivity index (χ0v) is 15.9. The van der Waals surface area contributed by atoms with E-state index < -0.39 is 0 Å². The van der Waals surface area contributed by atoms with Crippen molar-refractivity contribution in [3.63, 3.8) is 0 Å². The van der Waals surface area contributed by atoms with Gasteiger partial charge in [0.25, 0.3) is 5.91 Å². The Morgan fingerprint density at radius 2 is 1.92 bits per heavy atom. The van der Waals surface area contributed by atoms with Crippen LogP contribution in [-0.2, 0) is 6.54 Å². The minimum atomic E-state index is 0.107. The van der Waals surface area contributed by atoms with Crippen LogP contribution in [0.1, 0.15) is 34.2 Å². The molecule has 0 spiro atoms. The molecule has 1 amide bonds. The fourth-order valence-corrected chi connectivity index (χ4v) is 3.68. The highest BCUT2D eigenvalue weighted by Crippen LogP contribution is 2.20. The van der Waals surface area contributed by atoms with Gasteiger partial charge in [-0.25, -0.2) is 0 Å². The maximum Gasteiger partial charge on any atom is 0.258 e. The molecule has 1 aliphatic heterocycles. The van der Waals surface area contributed by atoms with Gasteiger partial charge in [0.2, 0.25) is 0 Å². The summed E-state index contributed by atoms with van der Waals surface area (Å²) in [6.45, 7) is 11.5. The highest BCUT2D eigenvalue weighted by Gasteiger charge is 2.28. The summed E-state index contributed by atoms with van der Waals surface area (Å²) in [5, 5.41) is 5.32. The highest BCUT2D eigenvalue weighted by atomic mass is 35.5. The third-order valence-electron chi connectivity index (χ3n) is 5.13. The van der Waals surface area contributed by atoms with E-state index in [1.54, 1.807) is 4.90 Å². The molecule has 0 radical (unpaired) electrons. The van der Waals surface area contributed by atoms with Gasteiger partial charge in [-0.1, -0.05) is 29.8 Å². The number of hydrogen-bond donors (Lipinski definition) is 1. The van der Waals surface area contributed by atoms with Crippen molar-refractivity contribution in [2.75, 3.05) is 32.7 Å². The lowest BCUT2D eigenvalue weighted by molar-refractivity contribution is -0.902. The van der Waals surface area contributed by atoms with Gasteiger partial charge in [-0.3, -0.25) is 9.48 Å². The number of quaternary nitrogens is 1. The molecule has 1 aliphatic rings. The van der Waals surface area contributed by atoms with Crippen molar-refractivity contribution >= 4 is 17.5 Å². The van der Waals surface area contributed by atoms with Crippen molar-refractivity contribution in [2.24, 2.45) is 0 Å². The van der Waals surface area contributed by atoms with Gasteiger partial charge in [0.1, 0.15) is 0 Å². The number of likely N-dealkylation sites (N-methyl/N-ethyl adjacent to an activating group) is 1. The maximum absolute atomic E-state index is 13.0. The normalized spacial score (nSPS) is 15.6. The van der Waals surface area contributed by atoms with Crippen LogP contribution in [0.25, 0.3) is 0 Å². The molecule has 0 atom stereocenters. The standard InChI is InChI=1S/C19H25ClN4O/c1-4-22-9-11-23(12-10-22)19(25)18-14(2)21-24(15(18)3)13-16-7-5-6-8-17(16)20/h5-8H,4,9-13H2,1-3H3/p+1. The summed E-state index contributed by atoms with van der Waals surface area (Å²) < 4.78 is 1.89. The third kappa shape index (κ3) is 3.72. The fraction of sp³-hybridized carbons (Fsp3) is 0.474. The van der Waals surface area contributed by atoms with Crippen LogP contribution in [0.5, 0.6) is 0 Å². The van der Waals surface area contributed by atoms with Crippen LogP contribution in [0, 0.1) is 13.8 Å². The van der Waals surface area contributed by atoms with Crippen molar-refractivity contribution in [1.29, 1.82) is 0 Å². The minimum absolute atomic E-state index is 0.107. The Hall–Kier alpha value is -1.85. The van der Waals surface area contributed by atoms with E-state index in [-0.39, 0.29) is 5.91 Å². The molecule has 6 heteroatoms. The fourth-order valence-electron chi connectivity index (χ4n) is 3.49. The zero-order valence-electron chi connectivity index (χ0n) is 15.2. The second-order valence-corrected chi connectivity index (χ2v) is 7.10. The van der Waals surface area contributed by atoms with Crippen LogP contribution in [-0.4, -0.2) is 53.3 Å².